The number of ether oxygens (including phenoxy) is 4. The van der Waals surface area contributed by atoms with Gasteiger partial charge in [0.2, 0.25) is 0 Å². The van der Waals surface area contributed by atoms with Crippen molar-refractivity contribution in [1.82, 2.24) is 0 Å². The molecule has 0 saturated heterocycles. The molecule has 0 bridgehead atoms. The van der Waals surface area contributed by atoms with Crippen molar-refractivity contribution in [2.45, 2.75) is 40.2 Å². The number of hydrogen-bond acceptors (Lipinski definition) is 12. The van der Waals surface area contributed by atoms with Crippen molar-refractivity contribution < 1.29 is 18.9 Å². The van der Waals surface area contributed by atoms with Crippen LogP contribution in [-0.2, 0) is 18.9 Å². The zero-order valence-corrected chi connectivity index (χ0v) is 43.9. The molecule has 0 aliphatic heterocycles. The molecule has 5 aromatic carbocycles. The molecule has 1 atom stereocenters. The van der Waals surface area contributed by atoms with Gasteiger partial charge in [0.05, 0.1) is 32.5 Å². The fraction of sp³-hybridized carbons (Fsp3) is 0.474. The van der Waals surface area contributed by atoms with E-state index in [4.69, 9.17) is 18.9 Å². The van der Waals surface area contributed by atoms with Crippen LogP contribution in [0.3, 0.4) is 0 Å². The maximum absolute atomic E-state index is 5.89. The lowest BCUT2D eigenvalue weighted by atomic mass is 10.1. The molecule has 0 aliphatic rings. The zero-order chi connectivity index (χ0) is 49.5. The van der Waals surface area contributed by atoms with Crippen LogP contribution in [0, 0.1) is 0 Å². The molecule has 0 radical (unpaired) electrons. The van der Waals surface area contributed by atoms with E-state index in [2.05, 4.69) is 209 Å². The number of likely N-dealkylation sites (N-methyl/N-ethyl adjacent to an activating group) is 2. The third-order valence-electron chi connectivity index (χ3n) is 13.2. The van der Waals surface area contributed by atoms with Crippen molar-refractivity contribution in [3.05, 3.63) is 121 Å². The molecule has 0 heterocycles. The fourth-order valence-corrected chi connectivity index (χ4v) is 8.98. The third kappa shape index (κ3) is 15.4. The molecule has 12 heteroatoms. The van der Waals surface area contributed by atoms with E-state index in [0.29, 0.717) is 26.4 Å². The third-order valence-corrected chi connectivity index (χ3v) is 13.2. The maximum atomic E-state index is 5.89. The van der Waals surface area contributed by atoms with E-state index in [0.717, 1.165) is 100 Å². The van der Waals surface area contributed by atoms with Gasteiger partial charge in [-0.15, -0.1) is 0 Å². The minimum Gasteiger partial charge on any atom is -0.383 e. The topological polar surface area (TPSA) is 62.8 Å². The number of rotatable bonds is 32. The van der Waals surface area contributed by atoms with Crippen LogP contribution < -0.4 is 39.2 Å². The van der Waals surface area contributed by atoms with E-state index in [1.165, 1.54) is 28.4 Å². The minimum atomic E-state index is 0.144. The lowest BCUT2D eigenvalue weighted by molar-refractivity contribution is 0.164. The highest BCUT2D eigenvalue weighted by Gasteiger charge is 2.22. The van der Waals surface area contributed by atoms with Crippen molar-refractivity contribution >= 4 is 56.9 Å². The monoisotopic (exact) mass is 945 g/mol. The molecule has 0 amide bonds. The van der Waals surface area contributed by atoms with E-state index < -0.39 is 0 Å². The summed E-state index contributed by atoms with van der Waals surface area (Å²) >= 11 is 0. The van der Waals surface area contributed by atoms with Crippen LogP contribution in [0.2, 0.25) is 0 Å². The van der Waals surface area contributed by atoms with Crippen LogP contribution in [0.25, 0.3) is 0 Å². The molecule has 0 aromatic heterocycles. The Morgan fingerprint density at radius 2 is 0.710 bits per heavy atom. The largest absolute Gasteiger partial charge is 0.383 e. The molecule has 5 aromatic rings. The van der Waals surface area contributed by atoms with Gasteiger partial charge >= 0.3 is 0 Å². The van der Waals surface area contributed by atoms with Gasteiger partial charge in [-0.1, -0.05) is 0 Å². The summed E-state index contributed by atoms with van der Waals surface area (Å²) in [6.45, 7) is 20.3. The summed E-state index contributed by atoms with van der Waals surface area (Å²) in [4.78, 5) is 18.9. The Hall–Kier alpha value is -5.66. The van der Waals surface area contributed by atoms with Crippen molar-refractivity contribution in [2.24, 2.45) is 0 Å². The lowest BCUT2D eigenvalue weighted by Gasteiger charge is -2.35. The predicted molar refractivity (Wildman–Crippen MR) is 296 cm³/mol. The summed E-state index contributed by atoms with van der Waals surface area (Å²) in [7, 11) is 13.4. The van der Waals surface area contributed by atoms with Gasteiger partial charge in [0.25, 0.3) is 0 Å². The fourth-order valence-electron chi connectivity index (χ4n) is 8.98. The second kappa shape index (κ2) is 28.7. The summed E-state index contributed by atoms with van der Waals surface area (Å²) in [5, 5.41) is 0. The Balaban J connectivity index is 1.36. The highest BCUT2D eigenvalue weighted by atomic mass is 16.5. The van der Waals surface area contributed by atoms with Crippen LogP contribution in [-0.4, -0.2) is 147 Å². The number of nitrogens with zero attached hydrogens (tertiary/aromatic N) is 8. The molecule has 0 fully saturated rings. The second-order valence-corrected chi connectivity index (χ2v) is 17.6. The molecular weight excluding hydrogens is 861 g/mol. The molecule has 376 valence electrons. The van der Waals surface area contributed by atoms with E-state index in [-0.39, 0.29) is 6.04 Å². The Morgan fingerprint density at radius 3 is 1.13 bits per heavy atom. The van der Waals surface area contributed by atoms with Gasteiger partial charge in [-0.05, 0) is 155 Å². The van der Waals surface area contributed by atoms with E-state index in [1.54, 1.807) is 28.4 Å². The average molecular weight is 945 g/mol. The van der Waals surface area contributed by atoms with Crippen LogP contribution in [0.5, 0.6) is 0 Å². The first-order valence-electron chi connectivity index (χ1n) is 25.0. The van der Waals surface area contributed by atoms with Crippen molar-refractivity contribution in [1.29, 1.82) is 0 Å². The first-order valence-corrected chi connectivity index (χ1v) is 25.0. The van der Waals surface area contributed by atoms with E-state index >= 15 is 0 Å². The molecule has 0 N–H and O–H groups in total. The Bertz CT molecular complexity index is 2130. The van der Waals surface area contributed by atoms with Crippen molar-refractivity contribution in [2.75, 3.05) is 181 Å². The second-order valence-electron chi connectivity index (χ2n) is 17.6. The highest BCUT2D eigenvalue weighted by Crippen LogP contribution is 2.37. The number of anilines is 10. The number of methoxy groups -OCH3 is 4. The standard InChI is InChI=1S/C57H84N8O4/c1-12-60(13-2)49-22-30-54(31-23-49)65(56-34-26-51(27-35-56)62(15-4)39-38-59(7)48-18-16-47(17-19-48)58(5)6)55-32-24-50(25-33-55)61(14-3)37-36-57(46-69-11)64(42-45-68-10)53-28-20-52(21-29-53)63(40-43-66-8)41-44-67-9/h16-35,57H,12-15,36-46H2,1-11H3. The van der Waals surface area contributed by atoms with Gasteiger partial charge in [0.1, 0.15) is 0 Å². The van der Waals surface area contributed by atoms with Crippen molar-refractivity contribution in [3.8, 4) is 0 Å². The van der Waals surface area contributed by atoms with Gasteiger partial charge in [-0.3, -0.25) is 0 Å². The summed E-state index contributed by atoms with van der Waals surface area (Å²) in [5.41, 5.74) is 11.7. The van der Waals surface area contributed by atoms with Gasteiger partial charge in [-0.25, -0.2) is 0 Å². The summed E-state index contributed by atoms with van der Waals surface area (Å²) in [6.07, 6.45) is 0.912. The quantitative estimate of drug-likeness (QED) is 0.0413. The summed E-state index contributed by atoms with van der Waals surface area (Å²) < 4.78 is 22.3. The van der Waals surface area contributed by atoms with E-state index in [1.807, 2.05) is 0 Å². The highest BCUT2D eigenvalue weighted by molar-refractivity contribution is 5.79. The van der Waals surface area contributed by atoms with Crippen LogP contribution in [0.1, 0.15) is 34.1 Å². The molecule has 1 unspecified atom stereocenters. The lowest BCUT2D eigenvalue weighted by Crippen LogP contribution is -2.43. The Labute approximate surface area is 416 Å². The van der Waals surface area contributed by atoms with Gasteiger partial charge in [0, 0.05) is 172 Å². The van der Waals surface area contributed by atoms with E-state index in [9.17, 15) is 0 Å². The van der Waals surface area contributed by atoms with Gasteiger partial charge in [0.15, 0.2) is 0 Å². The smallest absolute Gasteiger partial charge is 0.0666 e. The Morgan fingerprint density at radius 1 is 0.348 bits per heavy atom. The SMILES string of the molecule is CCN(CC)c1ccc(N(c2ccc(N(CC)CCC(COC)N(CCOC)c3ccc(N(CCOC)CCOC)cc3)cc2)c2ccc(N(CC)CCN(C)c3ccc(N(C)C)cc3)cc2)cc1. The molecule has 0 aliphatic carbocycles. The predicted octanol–water partition coefficient (Wildman–Crippen LogP) is 10.5. The molecule has 12 nitrogen and oxygen atoms in total. The molecule has 0 saturated carbocycles. The van der Waals surface area contributed by atoms with Crippen LogP contribution >= 0.6 is 0 Å². The number of hydrogen-bond donors (Lipinski definition) is 0. The van der Waals surface area contributed by atoms with Crippen molar-refractivity contribution in [3.63, 3.8) is 0 Å². The summed E-state index contributed by atoms with van der Waals surface area (Å²) in [5.74, 6) is 0. The molecule has 5 rings (SSSR count). The van der Waals surface area contributed by atoms with Crippen LogP contribution in [0.15, 0.2) is 121 Å². The summed E-state index contributed by atoms with van der Waals surface area (Å²) in [6, 6.07) is 45.0. The first kappa shape index (κ1) is 54.3. The number of benzene rings is 5. The van der Waals surface area contributed by atoms with Gasteiger partial charge < -0.3 is 58.1 Å². The molecule has 69 heavy (non-hydrogen) atoms. The first-order chi connectivity index (χ1) is 33.6. The Kier molecular flexibility index (Phi) is 22.6. The zero-order valence-electron chi connectivity index (χ0n) is 43.9. The molecule has 0 spiro atoms. The molecular formula is C57H84N8O4. The minimum absolute atomic E-state index is 0.144. The van der Waals surface area contributed by atoms with Crippen LogP contribution in [0.4, 0.5) is 56.9 Å². The maximum Gasteiger partial charge on any atom is 0.0666 e. The normalized spacial score (nSPS) is 11.6. The average Bonchev–Trinajstić information content (AvgIpc) is 3.38. The van der Waals surface area contributed by atoms with Gasteiger partial charge in [-0.2, -0.15) is 0 Å².